The van der Waals surface area contributed by atoms with E-state index >= 15 is 0 Å². The number of anilines is 2. The Kier molecular flexibility index (Phi) is 6.23. The van der Waals surface area contributed by atoms with Crippen molar-refractivity contribution in [2.75, 3.05) is 36.4 Å². The molecule has 2 aliphatic heterocycles. The van der Waals surface area contributed by atoms with E-state index in [4.69, 9.17) is 11.6 Å². The van der Waals surface area contributed by atoms with Gasteiger partial charge in [-0.25, -0.2) is 4.98 Å². The van der Waals surface area contributed by atoms with Crippen molar-refractivity contribution in [2.24, 2.45) is 5.92 Å². The van der Waals surface area contributed by atoms with Crippen molar-refractivity contribution >= 4 is 34.9 Å². The van der Waals surface area contributed by atoms with Crippen LogP contribution < -0.4 is 10.2 Å². The molecule has 3 heterocycles. The number of carbonyl (C=O) groups excluding carboxylic acids is 2. The van der Waals surface area contributed by atoms with Crippen LogP contribution in [-0.2, 0) is 4.79 Å². The Labute approximate surface area is 182 Å². The lowest BCUT2D eigenvalue weighted by Crippen LogP contribution is -2.39. The largest absolute Gasteiger partial charge is 0.357 e. The maximum absolute atomic E-state index is 13.0. The number of piperidine rings is 1. The minimum atomic E-state index is -0.0798. The first-order valence-corrected chi connectivity index (χ1v) is 11.0. The molecule has 0 bridgehead atoms. The van der Waals surface area contributed by atoms with E-state index in [-0.39, 0.29) is 17.7 Å². The molecule has 0 radical (unpaired) electrons. The number of rotatable bonds is 4. The minimum Gasteiger partial charge on any atom is -0.357 e. The van der Waals surface area contributed by atoms with E-state index in [0.29, 0.717) is 16.3 Å². The third-order valence-electron chi connectivity index (χ3n) is 6.04. The van der Waals surface area contributed by atoms with Gasteiger partial charge in [0.2, 0.25) is 5.91 Å². The number of benzene rings is 1. The second kappa shape index (κ2) is 9.04. The first-order chi connectivity index (χ1) is 14.5. The first kappa shape index (κ1) is 20.7. The molecular formula is C23H27ClN4O2. The predicted molar refractivity (Wildman–Crippen MR) is 119 cm³/mol. The van der Waals surface area contributed by atoms with Gasteiger partial charge in [0.05, 0.1) is 16.3 Å². The Morgan fingerprint density at radius 1 is 1.07 bits per heavy atom. The Hall–Kier alpha value is -2.60. The van der Waals surface area contributed by atoms with Crippen LogP contribution in [0.2, 0.25) is 5.02 Å². The molecule has 7 heteroatoms. The average Bonchev–Trinajstić information content (AvgIpc) is 3.29. The molecule has 0 aliphatic carbocycles. The van der Waals surface area contributed by atoms with E-state index < -0.39 is 0 Å². The summed E-state index contributed by atoms with van der Waals surface area (Å²) in [6.07, 6.45) is 5.22. The van der Waals surface area contributed by atoms with Gasteiger partial charge in [-0.15, -0.1) is 0 Å². The summed E-state index contributed by atoms with van der Waals surface area (Å²) in [5.74, 6) is 0.809. The van der Waals surface area contributed by atoms with Gasteiger partial charge >= 0.3 is 0 Å². The fraction of sp³-hybridized carbons (Fsp3) is 0.435. The molecule has 2 aliphatic rings. The van der Waals surface area contributed by atoms with Gasteiger partial charge in [-0.3, -0.25) is 9.59 Å². The summed E-state index contributed by atoms with van der Waals surface area (Å²) in [5, 5.41) is 3.67. The molecule has 158 valence electrons. The van der Waals surface area contributed by atoms with Crippen molar-refractivity contribution in [2.45, 2.75) is 32.6 Å². The maximum atomic E-state index is 13.0. The van der Waals surface area contributed by atoms with Crippen molar-refractivity contribution in [1.82, 2.24) is 9.88 Å². The van der Waals surface area contributed by atoms with E-state index in [1.165, 1.54) is 0 Å². The van der Waals surface area contributed by atoms with Gasteiger partial charge in [0.1, 0.15) is 5.82 Å². The van der Waals surface area contributed by atoms with Crippen molar-refractivity contribution in [3.63, 3.8) is 0 Å². The molecule has 2 amide bonds. The number of amides is 2. The highest BCUT2D eigenvalue weighted by Gasteiger charge is 2.28. The maximum Gasteiger partial charge on any atom is 0.256 e. The third-order valence-corrected chi connectivity index (χ3v) is 6.26. The quantitative estimate of drug-likeness (QED) is 0.798. The standard InChI is InChI=1S/C23H27ClN4O2/c1-16-5-4-6-19(21(16)23(30)28-11-2-3-12-28)26-22(29)17-9-13-27(14-10-17)20-8-7-18(24)15-25-20/h4-8,15,17H,2-3,9-14H2,1H3,(H,26,29). The Bertz CT molecular complexity index is 917. The molecule has 30 heavy (non-hydrogen) atoms. The lowest BCUT2D eigenvalue weighted by Gasteiger charge is -2.32. The van der Waals surface area contributed by atoms with E-state index in [2.05, 4.69) is 15.2 Å². The number of carbonyl (C=O) groups is 2. The van der Waals surface area contributed by atoms with Crippen molar-refractivity contribution in [1.29, 1.82) is 0 Å². The monoisotopic (exact) mass is 426 g/mol. The topological polar surface area (TPSA) is 65.5 Å². The SMILES string of the molecule is Cc1cccc(NC(=O)C2CCN(c3ccc(Cl)cn3)CC2)c1C(=O)N1CCCC1. The molecule has 0 spiro atoms. The highest BCUT2D eigenvalue weighted by atomic mass is 35.5. The van der Waals surface area contributed by atoms with E-state index in [1.807, 2.05) is 42.2 Å². The summed E-state index contributed by atoms with van der Waals surface area (Å²) < 4.78 is 0. The number of nitrogens with zero attached hydrogens (tertiary/aromatic N) is 3. The van der Waals surface area contributed by atoms with Crippen LogP contribution in [-0.4, -0.2) is 47.9 Å². The van der Waals surface area contributed by atoms with Gasteiger partial charge in [0.15, 0.2) is 0 Å². The number of halogens is 1. The molecule has 6 nitrogen and oxygen atoms in total. The smallest absolute Gasteiger partial charge is 0.256 e. The van der Waals surface area contributed by atoms with Crippen LogP contribution in [0.4, 0.5) is 11.5 Å². The Morgan fingerprint density at radius 3 is 2.47 bits per heavy atom. The summed E-state index contributed by atoms with van der Waals surface area (Å²) in [6.45, 7) is 5.03. The molecule has 0 saturated carbocycles. The minimum absolute atomic E-state index is 0.0141. The zero-order chi connectivity index (χ0) is 21.1. The number of likely N-dealkylation sites (tertiary alicyclic amines) is 1. The molecule has 2 fully saturated rings. The van der Waals surface area contributed by atoms with Crippen LogP contribution in [0.1, 0.15) is 41.6 Å². The summed E-state index contributed by atoms with van der Waals surface area (Å²) in [4.78, 5) is 34.4. The molecule has 0 atom stereocenters. The molecule has 1 N–H and O–H groups in total. The van der Waals surface area contributed by atoms with E-state index in [1.54, 1.807) is 6.20 Å². The number of aromatic nitrogens is 1. The number of hydrogen-bond acceptors (Lipinski definition) is 4. The van der Waals surface area contributed by atoms with Crippen LogP contribution in [0.25, 0.3) is 0 Å². The van der Waals surface area contributed by atoms with Crippen LogP contribution >= 0.6 is 11.6 Å². The van der Waals surface area contributed by atoms with Crippen molar-refractivity contribution < 1.29 is 9.59 Å². The molecule has 0 unspecified atom stereocenters. The van der Waals surface area contributed by atoms with Gasteiger partial charge < -0.3 is 15.1 Å². The highest BCUT2D eigenvalue weighted by molar-refractivity contribution is 6.30. The fourth-order valence-corrected chi connectivity index (χ4v) is 4.41. The van der Waals surface area contributed by atoms with E-state index in [9.17, 15) is 9.59 Å². The van der Waals surface area contributed by atoms with Gasteiger partial charge in [0, 0.05) is 38.3 Å². The summed E-state index contributed by atoms with van der Waals surface area (Å²) in [5.41, 5.74) is 2.14. The summed E-state index contributed by atoms with van der Waals surface area (Å²) >= 11 is 5.92. The van der Waals surface area contributed by atoms with Gasteiger partial charge in [0.25, 0.3) is 5.91 Å². The van der Waals surface area contributed by atoms with Crippen LogP contribution in [0.3, 0.4) is 0 Å². The fourth-order valence-electron chi connectivity index (χ4n) is 4.29. The van der Waals surface area contributed by atoms with Crippen LogP contribution in [0.5, 0.6) is 0 Å². The summed E-state index contributed by atoms with van der Waals surface area (Å²) in [6, 6.07) is 9.39. The van der Waals surface area contributed by atoms with Crippen molar-refractivity contribution in [3.05, 3.63) is 52.7 Å². The number of hydrogen-bond donors (Lipinski definition) is 1. The second-order valence-electron chi connectivity index (χ2n) is 8.08. The normalized spacial score (nSPS) is 17.3. The lowest BCUT2D eigenvalue weighted by molar-refractivity contribution is -0.120. The molecular weight excluding hydrogens is 400 g/mol. The van der Waals surface area contributed by atoms with Gasteiger partial charge in [-0.1, -0.05) is 23.7 Å². The van der Waals surface area contributed by atoms with Crippen LogP contribution in [0.15, 0.2) is 36.5 Å². The Morgan fingerprint density at radius 2 is 1.80 bits per heavy atom. The molecule has 2 aromatic rings. The first-order valence-electron chi connectivity index (χ1n) is 10.6. The molecule has 1 aromatic carbocycles. The highest BCUT2D eigenvalue weighted by Crippen LogP contribution is 2.27. The van der Waals surface area contributed by atoms with Gasteiger partial charge in [-0.2, -0.15) is 0 Å². The summed E-state index contributed by atoms with van der Waals surface area (Å²) in [7, 11) is 0. The van der Waals surface area contributed by atoms with Crippen molar-refractivity contribution in [3.8, 4) is 0 Å². The zero-order valence-electron chi connectivity index (χ0n) is 17.2. The third kappa shape index (κ3) is 4.43. The number of nitrogens with one attached hydrogen (secondary N) is 1. The lowest BCUT2D eigenvalue weighted by atomic mass is 9.95. The zero-order valence-corrected chi connectivity index (χ0v) is 18.0. The second-order valence-corrected chi connectivity index (χ2v) is 8.52. The Balaban J connectivity index is 1.41. The molecule has 2 saturated heterocycles. The van der Waals surface area contributed by atoms with Crippen LogP contribution in [0, 0.1) is 12.8 Å². The predicted octanol–water partition coefficient (Wildman–Crippen LogP) is 4.13. The molecule has 4 rings (SSSR count). The number of aryl methyl sites for hydroxylation is 1. The van der Waals surface area contributed by atoms with Gasteiger partial charge in [-0.05, 0) is 56.4 Å². The molecule has 1 aromatic heterocycles. The number of pyridine rings is 1. The average molecular weight is 427 g/mol. The van der Waals surface area contributed by atoms with E-state index in [0.717, 1.165) is 63.2 Å².